The zero-order valence-corrected chi connectivity index (χ0v) is 11.3. The minimum Gasteiger partial charge on any atom is -0.363 e. The van der Waals surface area contributed by atoms with Gasteiger partial charge in [-0.25, -0.2) is 9.97 Å². The van der Waals surface area contributed by atoms with Crippen LogP contribution in [-0.4, -0.2) is 42.6 Å². The van der Waals surface area contributed by atoms with E-state index in [9.17, 15) is 0 Å². The van der Waals surface area contributed by atoms with Crippen molar-refractivity contribution < 1.29 is 0 Å². The second kappa shape index (κ2) is 5.00. The highest BCUT2D eigenvalue weighted by Gasteiger charge is 2.22. The Hall–Kier alpha value is -1.16. The Morgan fingerprint density at radius 1 is 1.29 bits per heavy atom. The quantitative estimate of drug-likeness (QED) is 0.783. The summed E-state index contributed by atoms with van der Waals surface area (Å²) in [5, 5.41) is 0. The summed E-state index contributed by atoms with van der Waals surface area (Å²) in [7, 11) is 6.24. The Labute approximate surface area is 104 Å². The third-order valence-electron chi connectivity index (χ3n) is 3.41. The molecule has 1 aliphatic rings. The number of hydrogen-bond acceptors (Lipinski definition) is 4. The molecule has 94 valence electrons. The first kappa shape index (κ1) is 12.3. The number of hydrogen-bond donors (Lipinski definition) is 0. The summed E-state index contributed by atoms with van der Waals surface area (Å²) in [6, 6.07) is 2.59. The summed E-state index contributed by atoms with van der Waals surface area (Å²) in [6.45, 7) is 3.14. The Balaban J connectivity index is 2.30. The van der Waals surface area contributed by atoms with Gasteiger partial charge in [0, 0.05) is 20.2 Å². The van der Waals surface area contributed by atoms with E-state index in [1.54, 1.807) is 0 Å². The molecule has 0 amide bonds. The van der Waals surface area contributed by atoms with Crippen LogP contribution in [0.1, 0.15) is 36.8 Å². The molecule has 2 rings (SSSR count). The number of anilines is 1. The van der Waals surface area contributed by atoms with Gasteiger partial charge >= 0.3 is 0 Å². The van der Waals surface area contributed by atoms with Crippen LogP contribution >= 0.6 is 0 Å². The second-order valence-corrected chi connectivity index (χ2v) is 5.08. The molecule has 1 atom stereocenters. The molecule has 0 spiro atoms. The third-order valence-corrected chi connectivity index (χ3v) is 3.41. The lowest BCUT2D eigenvalue weighted by Gasteiger charge is -2.32. The van der Waals surface area contributed by atoms with Crippen LogP contribution in [0.3, 0.4) is 0 Å². The van der Waals surface area contributed by atoms with Crippen molar-refractivity contribution in [3.63, 3.8) is 0 Å². The fourth-order valence-corrected chi connectivity index (χ4v) is 2.42. The monoisotopic (exact) mass is 234 g/mol. The van der Waals surface area contributed by atoms with Gasteiger partial charge in [-0.2, -0.15) is 0 Å². The average Bonchev–Trinajstić information content (AvgIpc) is 2.28. The molecule has 0 aliphatic carbocycles. The predicted molar refractivity (Wildman–Crippen MR) is 70.3 cm³/mol. The lowest BCUT2D eigenvalue weighted by atomic mass is 10.00. The highest BCUT2D eigenvalue weighted by Crippen LogP contribution is 2.29. The Morgan fingerprint density at radius 3 is 2.71 bits per heavy atom. The number of likely N-dealkylation sites (tertiary alicyclic amines) is 1. The molecule has 0 saturated carbocycles. The van der Waals surface area contributed by atoms with Crippen molar-refractivity contribution in [2.75, 3.05) is 32.6 Å². The van der Waals surface area contributed by atoms with E-state index in [4.69, 9.17) is 0 Å². The van der Waals surface area contributed by atoms with Crippen LogP contribution in [0.4, 0.5) is 5.82 Å². The highest BCUT2D eigenvalue weighted by molar-refractivity contribution is 5.38. The van der Waals surface area contributed by atoms with Crippen LogP contribution in [-0.2, 0) is 0 Å². The molecule has 2 heterocycles. The van der Waals surface area contributed by atoms with Crippen molar-refractivity contribution in [3.05, 3.63) is 17.6 Å². The number of piperidine rings is 1. The Morgan fingerprint density at radius 2 is 2.06 bits per heavy atom. The summed E-state index contributed by atoms with van der Waals surface area (Å²) in [5.41, 5.74) is 1.17. The van der Waals surface area contributed by atoms with E-state index in [1.165, 1.54) is 31.5 Å². The fraction of sp³-hybridized carbons (Fsp3) is 0.692. The van der Waals surface area contributed by atoms with Crippen LogP contribution in [0.5, 0.6) is 0 Å². The van der Waals surface area contributed by atoms with Crippen molar-refractivity contribution >= 4 is 5.82 Å². The minimum absolute atomic E-state index is 0.462. The van der Waals surface area contributed by atoms with Crippen molar-refractivity contribution in [1.82, 2.24) is 14.9 Å². The topological polar surface area (TPSA) is 32.3 Å². The van der Waals surface area contributed by atoms with Gasteiger partial charge in [0.2, 0.25) is 0 Å². The molecule has 1 fully saturated rings. The van der Waals surface area contributed by atoms with E-state index in [0.717, 1.165) is 11.6 Å². The molecule has 1 saturated heterocycles. The Bertz CT molecular complexity index is 389. The zero-order valence-electron chi connectivity index (χ0n) is 11.3. The van der Waals surface area contributed by atoms with Crippen molar-refractivity contribution in [2.24, 2.45) is 0 Å². The SMILES string of the molecule is Cc1nc([C@H]2CCCCN2C)cc(N(C)C)n1. The smallest absolute Gasteiger partial charge is 0.132 e. The highest BCUT2D eigenvalue weighted by atomic mass is 15.2. The van der Waals surface area contributed by atoms with Gasteiger partial charge in [0.15, 0.2) is 0 Å². The van der Waals surface area contributed by atoms with Gasteiger partial charge in [-0.05, 0) is 33.4 Å². The summed E-state index contributed by atoms with van der Waals surface area (Å²) in [5.74, 6) is 1.87. The lowest BCUT2D eigenvalue weighted by molar-refractivity contribution is 0.183. The molecular weight excluding hydrogens is 212 g/mol. The van der Waals surface area contributed by atoms with Crippen LogP contribution < -0.4 is 4.90 Å². The maximum absolute atomic E-state index is 4.61. The van der Waals surface area contributed by atoms with E-state index >= 15 is 0 Å². The maximum Gasteiger partial charge on any atom is 0.132 e. The van der Waals surface area contributed by atoms with Crippen LogP contribution in [0.2, 0.25) is 0 Å². The van der Waals surface area contributed by atoms with Gasteiger partial charge in [-0.3, -0.25) is 4.90 Å². The van der Waals surface area contributed by atoms with Gasteiger partial charge in [0.25, 0.3) is 0 Å². The molecule has 4 heteroatoms. The molecule has 0 radical (unpaired) electrons. The van der Waals surface area contributed by atoms with Crippen LogP contribution in [0, 0.1) is 6.92 Å². The maximum atomic E-state index is 4.61. The molecule has 0 N–H and O–H groups in total. The number of nitrogens with zero attached hydrogens (tertiary/aromatic N) is 4. The minimum atomic E-state index is 0.462. The van der Waals surface area contributed by atoms with E-state index in [-0.39, 0.29) is 0 Å². The zero-order chi connectivity index (χ0) is 12.4. The van der Waals surface area contributed by atoms with E-state index in [2.05, 4.69) is 28.0 Å². The molecule has 17 heavy (non-hydrogen) atoms. The fourth-order valence-electron chi connectivity index (χ4n) is 2.42. The molecule has 4 nitrogen and oxygen atoms in total. The number of rotatable bonds is 2. The summed E-state index contributed by atoms with van der Waals surface area (Å²) < 4.78 is 0. The molecule has 0 aromatic carbocycles. The van der Waals surface area contributed by atoms with Gasteiger partial charge in [0.1, 0.15) is 11.6 Å². The summed E-state index contributed by atoms with van der Waals surface area (Å²) in [6.07, 6.45) is 3.81. The van der Waals surface area contributed by atoms with Gasteiger partial charge in [-0.1, -0.05) is 6.42 Å². The first-order valence-electron chi connectivity index (χ1n) is 6.31. The number of aromatic nitrogens is 2. The van der Waals surface area contributed by atoms with Gasteiger partial charge < -0.3 is 4.90 Å². The average molecular weight is 234 g/mol. The lowest BCUT2D eigenvalue weighted by Crippen LogP contribution is -2.30. The molecule has 0 bridgehead atoms. The van der Waals surface area contributed by atoms with E-state index in [0.29, 0.717) is 6.04 Å². The second-order valence-electron chi connectivity index (χ2n) is 5.08. The van der Waals surface area contributed by atoms with Crippen molar-refractivity contribution in [1.29, 1.82) is 0 Å². The van der Waals surface area contributed by atoms with Crippen LogP contribution in [0.25, 0.3) is 0 Å². The molecular formula is C13H22N4. The Kier molecular flexibility index (Phi) is 3.62. The molecule has 1 aromatic heterocycles. The van der Waals surface area contributed by atoms with E-state index < -0.39 is 0 Å². The van der Waals surface area contributed by atoms with Crippen molar-refractivity contribution in [2.45, 2.75) is 32.2 Å². The first-order valence-corrected chi connectivity index (χ1v) is 6.31. The predicted octanol–water partition coefficient (Wildman–Crippen LogP) is 2.01. The number of aryl methyl sites for hydroxylation is 1. The molecule has 0 unspecified atom stereocenters. The van der Waals surface area contributed by atoms with Gasteiger partial charge in [0.05, 0.1) is 11.7 Å². The standard InChI is InChI=1S/C13H22N4/c1-10-14-11(9-13(15-10)16(2)3)12-7-5-6-8-17(12)4/h9,12H,5-8H2,1-4H3/t12-/m1/s1. The normalized spacial score (nSPS) is 21.5. The summed E-state index contributed by atoms with van der Waals surface area (Å²) in [4.78, 5) is 13.5. The third kappa shape index (κ3) is 2.75. The summed E-state index contributed by atoms with van der Waals surface area (Å²) >= 11 is 0. The van der Waals surface area contributed by atoms with E-state index in [1.807, 2.05) is 25.9 Å². The molecule has 1 aliphatic heterocycles. The van der Waals surface area contributed by atoms with Gasteiger partial charge in [-0.15, -0.1) is 0 Å². The molecule has 1 aromatic rings. The van der Waals surface area contributed by atoms with Crippen LogP contribution in [0.15, 0.2) is 6.07 Å². The van der Waals surface area contributed by atoms with Crippen molar-refractivity contribution in [3.8, 4) is 0 Å². The first-order chi connectivity index (χ1) is 8.08. The largest absolute Gasteiger partial charge is 0.363 e.